The number of nitrogens with two attached hydrogens (primary N) is 1. The molecule has 0 radical (unpaired) electrons. The Labute approximate surface area is 145 Å². The molecule has 0 saturated heterocycles. The summed E-state index contributed by atoms with van der Waals surface area (Å²) >= 11 is 14.2. The van der Waals surface area contributed by atoms with Crippen LogP contribution in [-0.2, 0) is 0 Å². The molecule has 0 aliphatic heterocycles. The maximum Gasteiger partial charge on any atom is 0.203 e. The number of aromatic nitrogens is 2. The minimum atomic E-state index is 0.598. The molecule has 0 aliphatic carbocycles. The zero-order valence-electron chi connectivity index (χ0n) is 10.1. The predicted octanol–water partition coefficient (Wildman–Crippen LogP) is 4.40. The lowest BCUT2D eigenvalue weighted by molar-refractivity contribution is 0.793. The highest BCUT2D eigenvalue weighted by Crippen LogP contribution is 2.43. The van der Waals surface area contributed by atoms with Gasteiger partial charge in [0, 0.05) is 28.6 Å². The van der Waals surface area contributed by atoms with Crippen LogP contribution in [0, 0.1) is 0 Å². The first-order valence-electron chi connectivity index (χ1n) is 5.67. The largest absolute Gasteiger partial charge is 0.341 e. The highest BCUT2D eigenvalue weighted by molar-refractivity contribution is 9.15. The molecule has 2 aromatic rings. The molecule has 0 atom stereocenters. The summed E-state index contributed by atoms with van der Waals surface area (Å²) in [6.07, 6.45) is 0. The van der Waals surface area contributed by atoms with Gasteiger partial charge in [-0.1, -0.05) is 0 Å². The van der Waals surface area contributed by atoms with Crippen molar-refractivity contribution in [3.63, 3.8) is 0 Å². The first kappa shape index (κ1) is 15.8. The number of H-pyrrole nitrogens is 1. The summed E-state index contributed by atoms with van der Waals surface area (Å²) in [6, 6.07) is 0. The minimum Gasteiger partial charge on any atom is -0.341 e. The van der Waals surface area contributed by atoms with Crippen LogP contribution in [0.1, 0.15) is 6.92 Å². The summed E-state index contributed by atoms with van der Waals surface area (Å²) in [4.78, 5) is 10.1. The van der Waals surface area contributed by atoms with E-state index in [0.29, 0.717) is 6.54 Å². The summed E-state index contributed by atoms with van der Waals surface area (Å²) in [5, 5.41) is 0. The Balaban J connectivity index is 2.63. The van der Waals surface area contributed by atoms with Crippen molar-refractivity contribution in [1.82, 2.24) is 9.97 Å². The number of nitrogens with zero attached hydrogens (tertiary/aromatic N) is 2. The number of benzene rings is 1. The fraction of sp³-hybridized carbons (Fsp3) is 0.364. The quantitative estimate of drug-likeness (QED) is 0.465. The van der Waals surface area contributed by atoms with Crippen molar-refractivity contribution in [2.45, 2.75) is 6.92 Å². The van der Waals surface area contributed by atoms with Gasteiger partial charge in [-0.15, -0.1) is 0 Å². The Morgan fingerprint density at radius 3 is 2.32 bits per heavy atom. The molecular formula is C11H12Br4N4. The van der Waals surface area contributed by atoms with Gasteiger partial charge in [0.25, 0.3) is 0 Å². The molecule has 1 aromatic heterocycles. The number of anilines is 1. The van der Waals surface area contributed by atoms with Gasteiger partial charge in [0.2, 0.25) is 5.95 Å². The molecular weight excluding hydrogens is 508 g/mol. The third kappa shape index (κ3) is 2.88. The molecule has 0 aliphatic rings. The minimum absolute atomic E-state index is 0.598. The topological polar surface area (TPSA) is 57.9 Å². The number of nitrogens with one attached hydrogen (secondary N) is 1. The van der Waals surface area contributed by atoms with Crippen LogP contribution in [0.5, 0.6) is 0 Å². The number of hydrogen-bond acceptors (Lipinski definition) is 3. The first-order valence-corrected chi connectivity index (χ1v) is 8.85. The predicted molar refractivity (Wildman–Crippen MR) is 93.8 cm³/mol. The summed E-state index contributed by atoms with van der Waals surface area (Å²) in [7, 11) is 0. The molecule has 0 spiro atoms. The van der Waals surface area contributed by atoms with Gasteiger partial charge in [0.05, 0.1) is 14.5 Å². The molecule has 8 heteroatoms. The molecule has 3 N–H and O–H groups in total. The van der Waals surface area contributed by atoms with Crippen molar-refractivity contribution < 1.29 is 0 Å². The number of imidazole rings is 1. The van der Waals surface area contributed by atoms with Crippen LogP contribution in [-0.4, -0.2) is 29.6 Å². The van der Waals surface area contributed by atoms with Crippen LogP contribution in [0.15, 0.2) is 17.9 Å². The van der Waals surface area contributed by atoms with Gasteiger partial charge in [0.1, 0.15) is 5.52 Å². The molecule has 2 rings (SSSR count). The van der Waals surface area contributed by atoms with Crippen molar-refractivity contribution in [2.75, 3.05) is 24.5 Å². The van der Waals surface area contributed by atoms with Crippen molar-refractivity contribution in [2.24, 2.45) is 5.73 Å². The lowest BCUT2D eigenvalue weighted by Gasteiger charge is -2.18. The second-order valence-electron chi connectivity index (χ2n) is 3.91. The van der Waals surface area contributed by atoms with Gasteiger partial charge in [-0.2, -0.15) is 0 Å². The van der Waals surface area contributed by atoms with Gasteiger partial charge in [-0.3, -0.25) is 0 Å². The van der Waals surface area contributed by atoms with E-state index in [1.807, 2.05) is 0 Å². The summed E-state index contributed by atoms with van der Waals surface area (Å²) in [6.45, 7) is 4.31. The van der Waals surface area contributed by atoms with E-state index in [1.165, 1.54) is 0 Å². The second-order valence-corrected chi connectivity index (χ2v) is 7.08. The Kier molecular flexibility index (Phi) is 5.33. The average molecular weight is 520 g/mol. The highest BCUT2D eigenvalue weighted by Gasteiger charge is 2.18. The zero-order valence-corrected chi connectivity index (χ0v) is 16.4. The van der Waals surface area contributed by atoms with Crippen LogP contribution in [0.4, 0.5) is 5.95 Å². The van der Waals surface area contributed by atoms with Gasteiger partial charge < -0.3 is 15.6 Å². The number of hydrogen-bond donors (Lipinski definition) is 2. The zero-order chi connectivity index (χ0) is 14.2. The molecule has 4 nitrogen and oxygen atoms in total. The SMILES string of the molecule is CCN(CCN)c1nc2c(Br)c(Br)c(Br)c(Br)c2[nH]1. The van der Waals surface area contributed by atoms with E-state index in [4.69, 9.17) is 5.73 Å². The molecule has 1 aromatic carbocycles. The molecule has 0 amide bonds. The van der Waals surface area contributed by atoms with Gasteiger partial charge in [0.15, 0.2) is 0 Å². The van der Waals surface area contributed by atoms with E-state index >= 15 is 0 Å². The maximum absolute atomic E-state index is 5.63. The Bertz CT molecular complexity index is 565. The van der Waals surface area contributed by atoms with Crippen LogP contribution < -0.4 is 10.6 Å². The monoisotopic (exact) mass is 516 g/mol. The fourth-order valence-corrected chi connectivity index (χ4v) is 4.09. The molecule has 0 bridgehead atoms. The first-order chi connectivity index (χ1) is 9.01. The smallest absolute Gasteiger partial charge is 0.203 e. The third-order valence-electron chi connectivity index (χ3n) is 2.78. The van der Waals surface area contributed by atoms with Crippen molar-refractivity contribution in [3.8, 4) is 0 Å². The Morgan fingerprint density at radius 2 is 1.74 bits per heavy atom. The van der Waals surface area contributed by atoms with Crippen molar-refractivity contribution in [3.05, 3.63) is 17.9 Å². The van der Waals surface area contributed by atoms with Gasteiger partial charge in [-0.25, -0.2) is 4.98 Å². The van der Waals surface area contributed by atoms with E-state index in [-0.39, 0.29) is 0 Å². The number of aromatic amines is 1. The van der Waals surface area contributed by atoms with Crippen molar-refractivity contribution in [1.29, 1.82) is 0 Å². The fourth-order valence-electron chi connectivity index (χ4n) is 1.80. The number of likely N-dealkylation sites (N-methyl/N-ethyl adjacent to an activating group) is 1. The average Bonchev–Trinajstić information content (AvgIpc) is 2.85. The summed E-state index contributed by atoms with van der Waals surface area (Å²) in [5.74, 6) is 0.828. The maximum atomic E-state index is 5.63. The molecule has 0 fully saturated rings. The second kappa shape index (κ2) is 6.43. The Morgan fingerprint density at radius 1 is 1.11 bits per heavy atom. The highest BCUT2D eigenvalue weighted by atomic mass is 79.9. The summed E-state index contributed by atoms with van der Waals surface area (Å²) < 4.78 is 3.75. The third-order valence-corrected chi connectivity index (χ3v) is 7.52. The molecule has 19 heavy (non-hydrogen) atoms. The number of halogens is 4. The standard InChI is InChI=1S/C11H12Br4N4/c1-2-19(4-3-16)11-17-9-7(14)5(12)6(13)8(15)10(9)18-11/h2-4,16H2,1H3,(H,17,18). The molecule has 0 unspecified atom stereocenters. The van der Waals surface area contributed by atoms with Crippen LogP contribution in [0.3, 0.4) is 0 Å². The molecule has 104 valence electrons. The van der Waals surface area contributed by atoms with E-state index in [0.717, 1.165) is 48.0 Å². The molecule has 1 heterocycles. The number of fused-ring (bicyclic) bond motifs is 1. The van der Waals surface area contributed by atoms with Crippen LogP contribution >= 0.6 is 63.7 Å². The molecule has 0 saturated carbocycles. The van der Waals surface area contributed by atoms with E-state index in [1.54, 1.807) is 0 Å². The van der Waals surface area contributed by atoms with Gasteiger partial charge in [-0.05, 0) is 70.6 Å². The number of rotatable bonds is 4. The van der Waals surface area contributed by atoms with Crippen LogP contribution in [0.2, 0.25) is 0 Å². The normalized spacial score (nSPS) is 11.3. The van der Waals surface area contributed by atoms with E-state index < -0.39 is 0 Å². The summed E-state index contributed by atoms with van der Waals surface area (Å²) in [5.41, 5.74) is 7.46. The van der Waals surface area contributed by atoms with Gasteiger partial charge >= 0.3 is 0 Å². The van der Waals surface area contributed by atoms with E-state index in [9.17, 15) is 0 Å². The van der Waals surface area contributed by atoms with E-state index in [2.05, 4.69) is 85.5 Å². The van der Waals surface area contributed by atoms with Crippen LogP contribution in [0.25, 0.3) is 11.0 Å². The lowest BCUT2D eigenvalue weighted by Crippen LogP contribution is -2.29. The lowest BCUT2D eigenvalue weighted by atomic mass is 10.3. The van der Waals surface area contributed by atoms with Crippen molar-refractivity contribution >= 4 is 80.7 Å². The Hall–Kier alpha value is 0.370.